The Morgan fingerprint density at radius 3 is 2.37 bits per heavy atom. The number of imidazole rings is 1. The highest BCUT2D eigenvalue weighted by Gasteiger charge is 2.30. The number of halogens is 4. The molecule has 0 fully saturated rings. The van der Waals surface area contributed by atoms with Crippen LogP contribution < -0.4 is 0 Å². The molecule has 0 radical (unpaired) electrons. The number of benzene rings is 3. The molecule has 1 aromatic heterocycles. The molecule has 1 atom stereocenters. The fourth-order valence-electron chi connectivity index (χ4n) is 4.82. The molecule has 1 aliphatic rings. The topological polar surface area (TPSA) is 52.0 Å². The van der Waals surface area contributed by atoms with E-state index >= 15 is 0 Å². The van der Waals surface area contributed by atoms with Crippen LogP contribution in [-0.4, -0.2) is 24.2 Å². The largest absolute Gasteiger partial charge is 0.291 e. The van der Waals surface area contributed by atoms with E-state index in [0.717, 1.165) is 71.9 Å². The van der Waals surface area contributed by atoms with Gasteiger partial charge in [-0.3, -0.25) is 4.57 Å². The second kappa shape index (κ2) is 10.4. The smallest absolute Gasteiger partial charge is 0.175 e. The number of aryl methyl sites for hydroxylation is 2. The van der Waals surface area contributed by atoms with E-state index in [1.54, 1.807) is 12.1 Å². The third-order valence-electron chi connectivity index (χ3n) is 6.75. The van der Waals surface area contributed by atoms with Gasteiger partial charge in [0.15, 0.2) is 15.0 Å². The average molecular weight is 577 g/mol. The summed E-state index contributed by atoms with van der Waals surface area (Å²) in [6.45, 7) is 1.95. The van der Waals surface area contributed by atoms with E-state index in [1.807, 2.05) is 23.6 Å². The van der Waals surface area contributed by atoms with Gasteiger partial charge in [0.05, 0.1) is 16.3 Å². The van der Waals surface area contributed by atoms with Crippen LogP contribution in [0.25, 0.3) is 5.69 Å². The van der Waals surface area contributed by atoms with Crippen molar-refractivity contribution < 1.29 is 21.6 Å². The van der Waals surface area contributed by atoms with Crippen molar-refractivity contribution in [2.24, 2.45) is 0 Å². The molecule has 0 aliphatic heterocycles. The van der Waals surface area contributed by atoms with Gasteiger partial charge >= 0.3 is 0 Å². The van der Waals surface area contributed by atoms with Crippen LogP contribution in [0.4, 0.5) is 13.2 Å². The Bertz CT molecular complexity index is 1610. The Balaban J connectivity index is 1.59. The van der Waals surface area contributed by atoms with Crippen LogP contribution in [-0.2, 0) is 22.0 Å². The van der Waals surface area contributed by atoms with E-state index in [4.69, 9.17) is 16.6 Å². The Morgan fingerprint density at radius 1 is 1.05 bits per heavy atom. The zero-order valence-electron chi connectivity index (χ0n) is 20.6. The van der Waals surface area contributed by atoms with Crippen LogP contribution in [0.15, 0.2) is 64.6 Å². The number of fused-ring (bicyclic) bond motifs is 1. The maximum Gasteiger partial charge on any atom is 0.175 e. The molecule has 0 bridgehead atoms. The number of sulfone groups is 1. The molecule has 4 aromatic rings. The molecular weight excluding hydrogens is 553 g/mol. The summed E-state index contributed by atoms with van der Waals surface area (Å²) in [5.74, 6) is -2.35. The maximum absolute atomic E-state index is 14.8. The van der Waals surface area contributed by atoms with E-state index in [0.29, 0.717) is 15.9 Å². The highest BCUT2D eigenvalue weighted by molar-refractivity contribution is 7.98. The van der Waals surface area contributed by atoms with Gasteiger partial charge in [-0.2, -0.15) is 0 Å². The van der Waals surface area contributed by atoms with Crippen LogP contribution >= 0.6 is 23.4 Å². The SMILES string of the molecule is Cc1cc(C2CCCc3nc(SCc4c(F)cc(S(C)(=O)=O)cc4F)n(-c4ccc(F)cc4)c32)ccc1Cl. The number of aromatic nitrogens is 2. The first-order chi connectivity index (χ1) is 18.0. The zero-order chi connectivity index (χ0) is 27.2. The van der Waals surface area contributed by atoms with Crippen molar-refractivity contribution in [1.29, 1.82) is 0 Å². The van der Waals surface area contributed by atoms with E-state index in [2.05, 4.69) is 6.07 Å². The van der Waals surface area contributed by atoms with Crippen molar-refractivity contribution in [3.63, 3.8) is 0 Å². The Labute approximate surface area is 228 Å². The third kappa shape index (κ3) is 5.24. The van der Waals surface area contributed by atoms with E-state index in [9.17, 15) is 21.6 Å². The first-order valence-electron chi connectivity index (χ1n) is 12.0. The van der Waals surface area contributed by atoms with E-state index in [-0.39, 0.29) is 23.1 Å². The minimum atomic E-state index is -3.76. The molecule has 198 valence electrons. The molecule has 0 saturated carbocycles. The molecule has 1 heterocycles. The van der Waals surface area contributed by atoms with Crippen LogP contribution in [0, 0.1) is 24.4 Å². The molecule has 0 amide bonds. The van der Waals surface area contributed by atoms with Gasteiger partial charge in [-0.15, -0.1) is 0 Å². The number of rotatable bonds is 6. The second-order valence-electron chi connectivity index (χ2n) is 9.42. The number of hydrogen-bond acceptors (Lipinski definition) is 4. The van der Waals surface area contributed by atoms with Crippen LogP contribution in [0.3, 0.4) is 0 Å². The third-order valence-corrected chi connectivity index (χ3v) is 9.23. The summed E-state index contributed by atoms with van der Waals surface area (Å²) >= 11 is 7.42. The number of hydrogen-bond donors (Lipinski definition) is 0. The van der Waals surface area contributed by atoms with Gasteiger partial charge in [0.25, 0.3) is 0 Å². The van der Waals surface area contributed by atoms with Crippen LogP contribution in [0.5, 0.6) is 0 Å². The number of nitrogens with zero attached hydrogens (tertiary/aromatic N) is 2. The summed E-state index contributed by atoms with van der Waals surface area (Å²) in [5, 5.41) is 1.20. The maximum atomic E-state index is 14.8. The summed E-state index contributed by atoms with van der Waals surface area (Å²) < 4.78 is 68.9. The van der Waals surface area contributed by atoms with Crippen LogP contribution in [0.1, 0.15) is 46.8 Å². The van der Waals surface area contributed by atoms with E-state index in [1.165, 1.54) is 12.1 Å². The van der Waals surface area contributed by atoms with Crippen molar-refractivity contribution in [3.05, 3.63) is 105 Å². The van der Waals surface area contributed by atoms with Gasteiger partial charge in [0, 0.05) is 34.2 Å². The lowest BCUT2D eigenvalue weighted by molar-refractivity contribution is 0.554. The first kappa shape index (κ1) is 26.8. The Morgan fingerprint density at radius 2 is 1.74 bits per heavy atom. The molecule has 4 nitrogen and oxygen atoms in total. The lowest BCUT2D eigenvalue weighted by atomic mass is 9.83. The average Bonchev–Trinajstić information content (AvgIpc) is 3.23. The van der Waals surface area contributed by atoms with Crippen molar-refractivity contribution in [3.8, 4) is 5.69 Å². The lowest BCUT2D eigenvalue weighted by Gasteiger charge is -2.25. The molecule has 1 aliphatic carbocycles. The standard InChI is InChI=1S/C28H24ClF3N2O2S2/c1-16-12-17(6-11-23(16)29)21-4-3-5-26-27(21)34(19-9-7-18(30)8-10-19)28(33-26)37-15-22-24(31)13-20(14-25(22)32)38(2,35)36/h6-14,21H,3-5,15H2,1-2H3. The summed E-state index contributed by atoms with van der Waals surface area (Å²) in [4.78, 5) is 4.45. The highest BCUT2D eigenvalue weighted by atomic mass is 35.5. The zero-order valence-corrected chi connectivity index (χ0v) is 23.0. The number of thioether (sulfide) groups is 1. The predicted molar refractivity (Wildman–Crippen MR) is 144 cm³/mol. The molecule has 10 heteroatoms. The van der Waals surface area contributed by atoms with Gasteiger partial charge in [-0.1, -0.05) is 35.5 Å². The molecule has 5 rings (SSSR count). The quantitative estimate of drug-likeness (QED) is 0.224. The minimum Gasteiger partial charge on any atom is -0.291 e. The molecule has 0 spiro atoms. The molecule has 3 aromatic carbocycles. The van der Waals surface area contributed by atoms with Crippen molar-refractivity contribution in [2.75, 3.05) is 6.26 Å². The molecule has 38 heavy (non-hydrogen) atoms. The van der Waals surface area contributed by atoms with Crippen molar-refractivity contribution in [2.45, 2.75) is 47.9 Å². The van der Waals surface area contributed by atoms with Gasteiger partial charge in [-0.25, -0.2) is 26.6 Å². The second-order valence-corrected chi connectivity index (χ2v) is 12.8. The fraction of sp³-hybridized carbons (Fsp3) is 0.250. The van der Waals surface area contributed by atoms with Crippen LogP contribution in [0.2, 0.25) is 5.02 Å². The van der Waals surface area contributed by atoms with E-state index < -0.39 is 26.4 Å². The summed E-state index contributed by atoms with van der Waals surface area (Å²) in [7, 11) is -3.76. The summed E-state index contributed by atoms with van der Waals surface area (Å²) in [5.41, 5.74) is 4.34. The van der Waals surface area contributed by atoms with Gasteiger partial charge in [0.2, 0.25) is 0 Å². The van der Waals surface area contributed by atoms with Gasteiger partial charge in [-0.05, 0) is 79.8 Å². The normalized spacial score (nSPS) is 15.5. The first-order valence-corrected chi connectivity index (χ1v) is 15.2. The monoisotopic (exact) mass is 576 g/mol. The van der Waals surface area contributed by atoms with Crippen molar-refractivity contribution >= 4 is 33.2 Å². The molecule has 1 unspecified atom stereocenters. The van der Waals surface area contributed by atoms with Gasteiger partial charge < -0.3 is 0 Å². The molecule has 0 N–H and O–H groups in total. The van der Waals surface area contributed by atoms with Crippen molar-refractivity contribution in [1.82, 2.24) is 9.55 Å². The van der Waals surface area contributed by atoms with Gasteiger partial charge in [0.1, 0.15) is 17.5 Å². The Kier molecular flexibility index (Phi) is 7.37. The fourth-order valence-corrected chi connectivity index (χ4v) is 6.63. The summed E-state index contributed by atoms with van der Waals surface area (Å²) in [6, 6.07) is 13.6. The Hall–Kier alpha value is -2.75. The summed E-state index contributed by atoms with van der Waals surface area (Å²) in [6.07, 6.45) is 3.44. The lowest BCUT2D eigenvalue weighted by Crippen LogP contribution is -2.15. The molecule has 0 saturated heterocycles. The predicted octanol–water partition coefficient (Wildman–Crippen LogP) is 7.42. The minimum absolute atomic E-state index is 0.00383. The molecular formula is C28H24ClF3N2O2S2. The highest BCUT2D eigenvalue weighted by Crippen LogP contribution is 2.42.